The Morgan fingerprint density at radius 3 is 2.83 bits per heavy atom. The molecule has 0 bridgehead atoms. The van der Waals surface area contributed by atoms with Gasteiger partial charge in [0, 0.05) is 6.61 Å². The standard InChI is InChI=1S/C20H34O3/c1-4-5-6-12-19(21)18(3)11-9-10-17(2)14-16-23-20-13-7-8-15-22-20/h4,11,14,19-21H,1,5-10,12-13,15-16H2,2-3H3. The Morgan fingerprint density at radius 2 is 2.13 bits per heavy atom. The van der Waals surface area contributed by atoms with Crippen LogP contribution in [0.1, 0.15) is 65.2 Å². The quantitative estimate of drug-likeness (QED) is 0.433. The van der Waals surface area contributed by atoms with Crippen molar-refractivity contribution in [1.82, 2.24) is 0 Å². The van der Waals surface area contributed by atoms with Gasteiger partial charge in [-0.05, 0) is 70.8 Å². The van der Waals surface area contributed by atoms with Crippen molar-refractivity contribution in [2.45, 2.75) is 77.6 Å². The molecule has 0 saturated carbocycles. The molecule has 2 atom stereocenters. The van der Waals surface area contributed by atoms with Gasteiger partial charge in [-0.15, -0.1) is 6.58 Å². The van der Waals surface area contributed by atoms with Crippen molar-refractivity contribution in [3.05, 3.63) is 36.0 Å². The van der Waals surface area contributed by atoms with Gasteiger partial charge in [-0.3, -0.25) is 0 Å². The summed E-state index contributed by atoms with van der Waals surface area (Å²) < 4.78 is 11.3. The van der Waals surface area contributed by atoms with E-state index in [1.54, 1.807) is 0 Å². The molecule has 1 aliphatic heterocycles. The maximum absolute atomic E-state index is 10.0. The molecule has 3 heteroatoms. The van der Waals surface area contributed by atoms with Crippen molar-refractivity contribution >= 4 is 0 Å². The fourth-order valence-electron chi connectivity index (χ4n) is 2.59. The van der Waals surface area contributed by atoms with E-state index in [9.17, 15) is 5.11 Å². The van der Waals surface area contributed by atoms with Crippen LogP contribution < -0.4 is 0 Å². The van der Waals surface area contributed by atoms with Crippen LogP contribution in [-0.2, 0) is 9.47 Å². The number of unbranched alkanes of at least 4 members (excludes halogenated alkanes) is 1. The summed E-state index contributed by atoms with van der Waals surface area (Å²) in [5, 5.41) is 10.0. The molecule has 0 spiro atoms. The van der Waals surface area contributed by atoms with Crippen LogP contribution >= 0.6 is 0 Å². The van der Waals surface area contributed by atoms with Crippen LogP contribution in [0.15, 0.2) is 36.0 Å². The molecule has 1 fully saturated rings. The molecule has 0 amide bonds. The molecule has 1 rings (SSSR count). The van der Waals surface area contributed by atoms with Crippen molar-refractivity contribution in [3.8, 4) is 0 Å². The number of aliphatic hydroxyl groups is 1. The van der Waals surface area contributed by atoms with Crippen LogP contribution in [-0.4, -0.2) is 30.7 Å². The van der Waals surface area contributed by atoms with E-state index in [1.807, 2.05) is 13.0 Å². The number of allylic oxidation sites excluding steroid dienone is 3. The van der Waals surface area contributed by atoms with Crippen LogP contribution in [0.3, 0.4) is 0 Å². The molecule has 0 aromatic carbocycles. The van der Waals surface area contributed by atoms with E-state index in [0.29, 0.717) is 6.61 Å². The normalized spacial score (nSPS) is 21.3. The summed E-state index contributed by atoms with van der Waals surface area (Å²) in [6, 6.07) is 0. The molecule has 1 N–H and O–H groups in total. The molecule has 132 valence electrons. The van der Waals surface area contributed by atoms with Gasteiger partial charge >= 0.3 is 0 Å². The predicted molar refractivity (Wildman–Crippen MR) is 96.3 cm³/mol. The highest BCUT2D eigenvalue weighted by Crippen LogP contribution is 2.15. The van der Waals surface area contributed by atoms with Crippen LogP contribution in [0, 0.1) is 0 Å². The number of hydrogen-bond donors (Lipinski definition) is 1. The van der Waals surface area contributed by atoms with Gasteiger partial charge in [0.25, 0.3) is 0 Å². The Kier molecular flexibility index (Phi) is 11.0. The first-order valence-corrected chi connectivity index (χ1v) is 8.98. The summed E-state index contributed by atoms with van der Waals surface area (Å²) in [7, 11) is 0. The number of rotatable bonds is 11. The lowest BCUT2D eigenvalue weighted by Crippen LogP contribution is -2.22. The highest BCUT2D eigenvalue weighted by atomic mass is 16.7. The van der Waals surface area contributed by atoms with Crippen molar-refractivity contribution in [3.63, 3.8) is 0 Å². The van der Waals surface area contributed by atoms with E-state index in [0.717, 1.165) is 57.1 Å². The lowest BCUT2D eigenvalue weighted by Gasteiger charge is -2.22. The highest BCUT2D eigenvalue weighted by molar-refractivity contribution is 5.07. The number of ether oxygens (including phenoxy) is 2. The zero-order valence-electron chi connectivity index (χ0n) is 14.9. The third-order valence-corrected chi connectivity index (χ3v) is 4.27. The largest absolute Gasteiger partial charge is 0.389 e. The minimum absolute atomic E-state index is 0.0133. The highest BCUT2D eigenvalue weighted by Gasteiger charge is 2.12. The summed E-state index contributed by atoms with van der Waals surface area (Å²) in [4.78, 5) is 0. The Balaban J connectivity index is 2.17. The van der Waals surface area contributed by atoms with Crippen molar-refractivity contribution in [2.75, 3.05) is 13.2 Å². The van der Waals surface area contributed by atoms with E-state index in [2.05, 4.69) is 25.7 Å². The predicted octanol–water partition coefficient (Wildman–Crippen LogP) is 4.92. The SMILES string of the molecule is C=CCCCC(O)C(C)=CCCC(C)=CCOC1CCCCO1. The molecule has 1 saturated heterocycles. The first-order chi connectivity index (χ1) is 11.1. The van der Waals surface area contributed by atoms with E-state index in [4.69, 9.17) is 9.47 Å². The molecule has 0 aromatic rings. The maximum atomic E-state index is 10.0. The van der Waals surface area contributed by atoms with Gasteiger partial charge in [0.05, 0.1) is 12.7 Å². The first kappa shape index (κ1) is 20.1. The van der Waals surface area contributed by atoms with Gasteiger partial charge in [-0.1, -0.05) is 23.8 Å². The van der Waals surface area contributed by atoms with Crippen molar-refractivity contribution in [2.24, 2.45) is 0 Å². The summed E-state index contributed by atoms with van der Waals surface area (Å²) >= 11 is 0. The first-order valence-electron chi connectivity index (χ1n) is 8.98. The van der Waals surface area contributed by atoms with E-state index >= 15 is 0 Å². The lowest BCUT2D eigenvalue weighted by atomic mass is 10.0. The van der Waals surface area contributed by atoms with Crippen LogP contribution in [0.2, 0.25) is 0 Å². The van der Waals surface area contributed by atoms with Crippen LogP contribution in [0.4, 0.5) is 0 Å². The van der Waals surface area contributed by atoms with Gasteiger partial charge in [0.15, 0.2) is 6.29 Å². The lowest BCUT2D eigenvalue weighted by molar-refractivity contribution is -0.155. The van der Waals surface area contributed by atoms with Gasteiger partial charge in [-0.25, -0.2) is 0 Å². The second-order valence-corrected chi connectivity index (χ2v) is 6.40. The molecule has 2 unspecified atom stereocenters. The molecular weight excluding hydrogens is 288 g/mol. The zero-order valence-corrected chi connectivity index (χ0v) is 14.9. The van der Waals surface area contributed by atoms with Crippen molar-refractivity contribution < 1.29 is 14.6 Å². The van der Waals surface area contributed by atoms with Gasteiger partial charge in [-0.2, -0.15) is 0 Å². The Labute approximate surface area is 142 Å². The second kappa shape index (κ2) is 12.5. The molecular formula is C20H34O3. The molecule has 0 radical (unpaired) electrons. The van der Waals surface area contributed by atoms with Crippen LogP contribution in [0.5, 0.6) is 0 Å². The number of aliphatic hydroxyl groups excluding tert-OH is 1. The van der Waals surface area contributed by atoms with Crippen LogP contribution in [0.25, 0.3) is 0 Å². The number of hydrogen-bond acceptors (Lipinski definition) is 3. The summed E-state index contributed by atoms with van der Waals surface area (Å²) in [5.41, 5.74) is 2.40. The minimum Gasteiger partial charge on any atom is -0.389 e. The topological polar surface area (TPSA) is 38.7 Å². The summed E-state index contributed by atoms with van der Waals surface area (Å²) in [6.07, 6.45) is 14.0. The molecule has 1 heterocycles. The average molecular weight is 322 g/mol. The third-order valence-electron chi connectivity index (χ3n) is 4.27. The van der Waals surface area contributed by atoms with E-state index in [1.165, 1.54) is 12.0 Å². The maximum Gasteiger partial charge on any atom is 0.157 e. The zero-order chi connectivity index (χ0) is 16.9. The Hall–Kier alpha value is -0.900. The Morgan fingerprint density at radius 1 is 1.30 bits per heavy atom. The third kappa shape index (κ3) is 9.75. The van der Waals surface area contributed by atoms with Gasteiger partial charge < -0.3 is 14.6 Å². The monoisotopic (exact) mass is 322 g/mol. The molecule has 0 aliphatic carbocycles. The van der Waals surface area contributed by atoms with E-state index in [-0.39, 0.29) is 12.4 Å². The minimum atomic E-state index is -0.314. The van der Waals surface area contributed by atoms with Gasteiger partial charge in [0.1, 0.15) is 0 Å². The average Bonchev–Trinajstić information content (AvgIpc) is 2.56. The molecule has 3 nitrogen and oxygen atoms in total. The fourth-order valence-corrected chi connectivity index (χ4v) is 2.59. The molecule has 1 aliphatic rings. The summed E-state index contributed by atoms with van der Waals surface area (Å²) in [5.74, 6) is 0. The fraction of sp³-hybridized carbons (Fsp3) is 0.700. The molecule has 23 heavy (non-hydrogen) atoms. The van der Waals surface area contributed by atoms with E-state index < -0.39 is 0 Å². The molecule has 0 aromatic heterocycles. The van der Waals surface area contributed by atoms with Crippen molar-refractivity contribution in [1.29, 1.82) is 0 Å². The smallest absolute Gasteiger partial charge is 0.157 e. The Bertz CT molecular complexity index is 378. The van der Waals surface area contributed by atoms with Gasteiger partial charge in [0.2, 0.25) is 0 Å². The summed E-state index contributed by atoms with van der Waals surface area (Å²) in [6.45, 7) is 9.31. The second-order valence-electron chi connectivity index (χ2n) is 6.40.